The third-order valence-corrected chi connectivity index (χ3v) is 3.52. The number of carbonyl (C=O) groups is 1. The highest BCUT2D eigenvalue weighted by molar-refractivity contribution is 5.89. The number of methoxy groups -OCH3 is 1. The third kappa shape index (κ3) is 4.39. The molecule has 2 atom stereocenters. The van der Waals surface area contributed by atoms with Gasteiger partial charge in [0.1, 0.15) is 11.9 Å². The quantitative estimate of drug-likeness (QED) is 0.782. The lowest BCUT2D eigenvalue weighted by Gasteiger charge is -2.29. The van der Waals surface area contributed by atoms with Crippen molar-refractivity contribution in [2.45, 2.75) is 44.5 Å². The van der Waals surface area contributed by atoms with Gasteiger partial charge in [0.05, 0.1) is 11.7 Å². The van der Waals surface area contributed by atoms with Crippen molar-refractivity contribution in [3.8, 4) is 5.75 Å². The van der Waals surface area contributed by atoms with Gasteiger partial charge in [0.15, 0.2) is 0 Å². The van der Waals surface area contributed by atoms with Crippen molar-refractivity contribution in [1.82, 2.24) is 0 Å². The van der Waals surface area contributed by atoms with Gasteiger partial charge in [0, 0.05) is 7.11 Å². The average Bonchev–Trinajstić information content (AvgIpc) is 2.48. The van der Waals surface area contributed by atoms with Gasteiger partial charge in [-0.1, -0.05) is 6.42 Å². The second-order valence-electron chi connectivity index (χ2n) is 4.91. The number of esters is 1. The van der Waals surface area contributed by atoms with Crippen LogP contribution in [0.5, 0.6) is 5.75 Å². The highest BCUT2D eigenvalue weighted by Crippen LogP contribution is 2.24. The average molecular weight is 300 g/mol. The summed E-state index contributed by atoms with van der Waals surface area (Å²) in [5, 5.41) is 0. The normalized spacial score (nSPS) is 22.1. The fourth-order valence-electron chi connectivity index (χ4n) is 2.45. The standard InChI is InChI=1S/C15H18F2O4/c1-19-12-4-2-3-5-13(12)21-14(18)10-6-8-11(9-7-10)20-15(16)17/h6-9,12-13,15H,2-5H2,1H3. The molecule has 1 saturated carbocycles. The topological polar surface area (TPSA) is 44.8 Å². The number of hydrogen-bond donors (Lipinski definition) is 0. The minimum Gasteiger partial charge on any atom is -0.456 e. The minimum absolute atomic E-state index is 0.00832. The van der Waals surface area contributed by atoms with Crippen LogP contribution in [0.2, 0.25) is 0 Å². The molecule has 2 rings (SSSR count). The van der Waals surface area contributed by atoms with Crippen LogP contribution in [0.25, 0.3) is 0 Å². The Labute approximate surface area is 122 Å². The van der Waals surface area contributed by atoms with Crippen molar-refractivity contribution in [2.75, 3.05) is 7.11 Å². The molecule has 21 heavy (non-hydrogen) atoms. The van der Waals surface area contributed by atoms with Gasteiger partial charge in [-0.15, -0.1) is 0 Å². The van der Waals surface area contributed by atoms with E-state index in [1.807, 2.05) is 0 Å². The zero-order valence-corrected chi connectivity index (χ0v) is 11.8. The molecule has 0 amide bonds. The number of carbonyl (C=O) groups excluding carboxylic acids is 1. The van der Waals surface area contributed by atoms with Gasteiger partial charge < -0.3 is 14.2 Å². The molecular formula is C15H18F2O4. The van der Waals surface area contributed by atoms with Gasteiger partial charge in [-0.25, -0.2) is 4.79 Å². The summed E-state index contributed by atoms with van der Waals surface area (Å²) in [6.07, 6.45) is 3.37. The highest BCUT2D eigenvalue weighted by atomic mass is 19.3. The maximum absolute atomic E-state index is 12.0. The molecule has 0 spiro atoms. The molecule has 0 aromatic heterocycles. The largest absolute Gasteiger partial charge is 0.456 e. The Bertz CT molecular complexity index is 461. The van der Waals surface area contributed by atoms with Crippen LogP contribution >= 0.6 is 0 Å². The van der Waals surface area contributed by atoms with E-state index in [4.69, 9.17) is 9.47 Å². The van der Waals surface area contributed by atoms with Crippen LogP contribution in [0, 0.1) is 0 Å². The lowest BCUT2D eigenvalue weighted by Crippen LogP contribution is -2.35. The molecule has 6 heteroatoms. The number of benzene rings is 1. The molecule has 0 N–H and O–H groups in total. The van der Waals surface area contributed by atoms with Crippen molar-refractivity contribution >= 4 is 5.97 Å². The van der Waals surface area contributed by atoms with Gasteiger partial charge >= 0.3 is 12.6 Å². The summed E-state index contributed by atoms with van der Waals surface area (Å²) in [5.41, 5.74) is 0.303. The molecule has 0 saturated heterocycles. The zero-order chi connectivity index (χ0) is 15.2. The molecule has 0 aliphatic heterocycles. The summed E-state index contributed by atoms with van der Waals surface area (Å²) in [5.74, 6) is -0.471. The van der Waals surface area contributed by atoms with E-state index >= 15 is 0 Å². The Hall–Kier alpha value is -1.69. The molecule has 0 bridgehead atoms. The molecular weight excluding hydrogens is 282 g/mol. The SMILES string of the molecule is COC1CCCCC1OC(=O)c1ccc(OC(F)F)cc1. The lowest BCUT2D eigenvalue weighted by atomic mass is 9.94. The zero-order valence-electron chi connectivity index (χ0n) is 11.8. The van der Waals surface area contributed by atoms with Crippen molar-refractivity contribution in [3.05, 3.63) is 29.8 Å². The molecule has 0 radical (unpaired) electrons. The summed E-state index contributed by atoms with van der Waals surface area (Å²) < 4.78 is 39.1. The fourth-order valence-corrected chi connectivity index (χ4v) is 2.45. The molecule has 2 unspecified atom stereocenters. The van der Waals surface area contributed by atoms with E-state index in [0.717, 1.165) is 25.7 Å². The number of ether oxygens (including phenoxy) is 3. The number of hydrogen-bond acceptors (Lipinski definition) is 4. The van der Waals surface area contributed by atoms with Crippen LogP contribution < -0.4 is 4.74 Å². The Morgan fingerprint density at radius 3 is 2.33 bits per heavy atom. The van der Waals surface area contributed by atoms with Crippen molar-refractivity contribution in [1.29, 1.82) is 0 Å². The molecule has 0 heterocycles. The summed E-state index contributed by atoms with van der Waals surface area (Å²) in [6, 6.07) is 5.45. The Balaban J connectivity index is 1.96. The van der Waals surface area contributed by atoms with Crippen LogP contribution in [0.4, 0.5) is 8.78 Å². The molecule has 1 aliphatic rings. The number of halogens is 2. The predicted molar refractivity (Wildman–Crippen MR) is 71.5 cm³/mol. The van der Waals surface area contributed by atoms with Crippen molar-refractivity contribution in [3.63, 3.8) is 0 Å². The van der Waals surface area contributed by atoms with E-state index in [-0.39, 0.29) is 18.0 Å². The minimum atomic E-state index is -2.88. The first-order valence-corrected chi connectivity index (χ1v) is 6.89. The summed E-state index contributed by atoms with van der Waals surface area (Å²) in [7, 11) is 1.60. The molecule has 1 aromatic rings. The van der Waals surface area contributed by atoms with E-state index in [9.17, 15) is 13.6 Å². The first-order valence-electron chi connectivity index (χ1n) is 6.89. The maximum Gasteiger partial charge on any atom is 0.387 e. The Morgan fingerprint density at radius 1 is 1.14 bits per heavy atom. The van der Waals surface area contributed by atoms with E-state index in [0.29, 0.717) is 5.56 Å². The van der Waals surface area contributed by atoms with Crippen LogP contribution in [-0.4, -0.2) is 31.9 Å². The highest BCUT2D eigenvalue weighted by Gasteiger charge is 2.28. The summed E-state index contributed by atoms with van der Waals surface area (Å²) >= 11 is 0. The Kier molecular flexibility index (Phi) is 5.50. The molecule has 1 aromatic carbocycles. The van der Waals surface area contributed by atoms with Crippen LogP contribution in [0.15, 0.2) is 24.3 Å². The smallest absolute Gasteiger partial charge is 0.387 e. The summed E-state index contributed by atoms with van der Waals surface area (Å²) in [6.45, 7) is -2.88. The third-order valence-electron chi connectivity index (χ3n) is 3.52. The van der Waals surface area contributed by atoms with Gasteiger partial charge in [-0.3, -0.25) is 0 Å². The number of alkyl halides is 2. The first-order chi connectivity index (χ1) is 10.1. The maximum atomic E-state index is 12.0. The van der Waals surface area contributed by atoms with E-state index in [1.165, 1.54) is 24.3 Å². The Morgan fingerprint density at radius 2 is 1.76 bits per heavy atom. The molecule has 1 fully saturated rings. The first kappa shape index (κ1) is 15.7. The van der Waals surface area contributed by atoms with Gasteiger partial charge in [-0.05, 0) is 43.5 Å². The molecule has 116 valence electrons. The van der Waals surface area contributed by atoms with Crippen molar-refractivity contribution < 1.29 is 27.8 Å². The molecule has 4 nitrogen and oxygen atoms in total. The lowest BCUT2D eigenvalue weighted by molar-refractivity contribution is -0.0539. The van der Waals surface area contributed by atoms with E-state index < -0.39 is 12.6 Å². The van der Waals surface area contributed by atoms with Crippen LogP contribution in [0.3, 0.4) is 0 Å². The monoisotopic (exact) mass is 300 g/mol. The second-order valence-corrected chi connectivity index (χ2v) is 4.91. The van der Waals surface area contributed by atoms with Crippen LogP contribution in [-0.2, 0) is 9.47 Å². The van der Waals surface area contributed by atoms with Gasteiger partial charge in [0.25, 0.3) is 0 Å². The second kappa shape index (κ2) is 7.36. The number of rotatable bonds is 5. The van der Waals surface area contributed by atoms with E-state index in [2.05, 4.69) is 4.74 Å². The summed E-state index contributed by atoms with van der Waals surface area (Å²) in [4.78, 5) is 12.0. The predicted octanol–water partition coefficient (Wildman–Crippen LogP) is 3.40. The molecule has 1 aliphatic carbocycles. The van der Waals surface area contributed by atoms with E-state index in [1.54, 1.807) is 7.11 Å². The van der Waals surface area contributed by atoms with Gasteiger partial charge in [-0.2, -0.15) is 8.78 Å². The fraction of sp³-hybridized carbons (Fsp3) is 0.533. The van der Waals surface area contributed by atoms with Crippen LogP contribution in [0.1, 0.15) is 36.0 Å². The van der Waals surface area contributed by atoms with Gasteiger partial charge in [0.2, 0.25) is 0 Å². The van der Waals surface area contributed by atoms with Crippen molar-refractivity contribution in [2.24, 2.45) is 0 Å².